The Morgan fingerprint density at radius 2 is 2.33 bits per heavy atom. The Kier molecular flexibility index (Phi) is 3.37. The molecule has 0 atom stereocenters. The van der Waals surface area contributed by atoms with Crippen molar-refractivity contribution in [3.8, 4) is 0 Å². The summed E-state index contributed by atoms with van der Waals surface area (Å²) in [5.41, 5.74) is 0.0739. The minimum atomic E-state index is -1.07. The third-order valence-electron chi connectivity index (χ3n) is 2.28. The number of carboxylic acids is 1. The fourth-order valence-electron chi connectivity index (χ4n) is 1.46. The van der Waals surface area contributed by atoms with Crippen molar-refractivity contribution in [1.82, 2.24) is 25.1 Å². The molecule has 0 saturated carbocycles. The number of amides is 1. The van der Waals surface area contributed by atoms with Crippen LogP contribution in [0.1, 0.15) is 16.3 Å². The predicted molar refractivity (Wildman–Crippen MR) is 59.6 cm³/mol. The fraction of sp³-hybridized carbons (Fsp3) is 0.200. The first kappa shape index (κ1) is 11.8. The van der Waals surface area contributed by atoms with Crippen molar-refractivity contribution in [3.05, 3.63) is 36.2 Å². The highest BCUT2D eigenvalue weighted by molar-refractivity contribution is 5.86. The van der Waals surface area contributed by atoms with Crippen molar-refractivity contribution in [2.75, 3.05) is 0 Å². The van der Waals surface area contributed by atoms with Gasteiger partial charge in [-0.2, -0.15) is 5.10 Å². The second-order valence-electron chi connectivity index (χ2n) is 3.54. The monoisotopic (exact) mass is 249 g/mol. The molecule has 0 spiro atoms. The van der Waals surface area contributed by atoms with Gasteiger partial charge in [-0.3, -0.25) is 9.89 Å². The maximum Gasteiger partial charge on any atom is 0.352 e. The Bertz CT molecular complexity index is 546. The molecule has 3 N–H and O–H groups in total. The van der Waals surface area contributed by atoms with Gasteiger partial charge in [-0.05, 0) is 12.1 Å². The number of hydrogen-bond acceptors (Lipinski definition) is 4. The Morgan fingerprint density at radius 1 is 1.50 bits per heavy atom. The first-order valence-corrected chi connectivity index (χ1v) is 5.16. The fourth-order valence-corrected chi connectivity index (χ4v) is 1.46. The quantitative estimate of drug-likeness (QED) is 0.668. The van der Waals surface area contributed by atoms with E-state index >= 15 is 0 Å². The number of carboxylic acid groups (broad SMARTS) is 1. The summed E-state index contributed by atoms with van der Waals surface area (Å²) in [5, 5.41) is 17.7. The number of rotatable bonds is 5. The highest BCUT2D eigenvalue weighted by Gasteiger charge is 2.11. The molecule has 0 radical (unpaired) electrons. The van der Waals surface area contributed by atoms with Gasteiger partial charge in [-0.25, -0.2) is 9.78 Å². The number of nitrogens with zero attached hydrogens (tertiary/aromatic N) is 3. The van der Waals surface area contributed by atoms with Crippen LogP contribution in [0.4, 0.5) is 0 Å². The topological polar surface area (TPSA) is 113 Å². The van der Waals surface area contributed by atoms with Crippen molar-refractivity contribution in [1.29, 1.82) is 0 Å². The zero-order valence-corrected chi connectivity index (χ0v) is 9.33. The lowest BCUT2D eigenvalue weighted by atomic mass is 10.4. The maximum atomic E-state index is 11.6. The second kappa shape index (κ2) is 5.13. The van der Waals surface area contributed by atoms with Crippen molar-refractivity contribution >= 4 is 11.9 Å². The van der Waals surface area contributed by atoms with Gasteiger partial charge in [0.1, 0.15) is 24.4 Å². The molecule has 1 amide bonds. The van der Waals surface area contributed by atoms with Crippen LogP contribution in [0.5, 0.6) is 0 Å². The van der Waals surface area contributed by atoms with Crippen molar-refractivity contribution in [2.24, 2.45) is 0 Å². The van der Waals surface area contributed by atoms with Crippen molar-refractivity contribution in [2.45, 2.75) is 13.1 Å². The summed E-state index contributed by atoms with van der Waals surface area (Å²) >= 11 is 0. The second-order valence-corrected chi connectivity index (χ2v) is 3.54. The minimum Gasteiger partial charge on any atom is -0.477 e. The number of carbonyl (C=O) groups excluding carboxylic acids is 1. The van der Waals surface area contributed by atoms with E-state index in [-0.39, 0.29) is 24.7 Å². The summed E-state index contributed by atoms with van der Waals surface area (Å²) in [5.74, 6) is -0.831. The number of hydrogen-bond donors (Lipinski definition) is 3. The van der Waals surface area contributed by atoms with Gasteiger partial charge < -0.3 is 15.0 Å². The predicted octanol–water partition coefficient (Wildman–Crippen LogP) is -0.379. The van der Waals surface area contributed by atoms with E-state index in [0.29, 0.717) is 5.82 Å². The molecule has 0 bridgehead atoms. The third-order valence-corrected chi connectivity index (χ3v) is 2.28. The molecule has 2 heterocycles. The van der Waals surface area contributed by atoms with Gasteiger partial charge in [0, 0.05) is 6.20 Å². The van der Waals surface area contributed by atoms with Gasteiger partial charge in [0.25, 0.3) is 0 Å². The summed E-state index contributed by atoms with van der Waals surface area (Å²) < 4.78 is 1.36. The number of aromatic amines is 1. The molecule has 94 valence electrons. The largest absolute Gasteiger partial charge is 0.477 e. The average Bonchev–Trinajstić information content (AvgIpc) is 2.96. The zero-order valence-electron chi connectivity index (χ0n) is 9.33. The van der Waals surface area contributed by atoms with E-state index < -0.39 is 5.97 Å². The highest BCUT2D eigenvalue weighted by Crippen LogP contribution is 2.01. The Hall–Kier alpha value is -2.64. The SMILES string of the molecule is O=C(Cn1cccc1C(=O)O)NCc1ncn[nH]1. The van der Waals surface area contributed by atoms with Crippen LogP contribution in [0, 0.1) is 0 Å². The standard InChI is InChI=1S/C10H11N5O3/c16-9(11-4-8-12-6-13-14-8)5-15-3-1-2-7(15)10(17)18/h1-3,6H,4-5H2,(H,11,16)(H,17,18)(H,12,13,14). The van der Waals surface area contributed by atoms with Gasteiger partial charge in [-0.15, -0.1) is 0 Å². The average molecular weight is 249 g/mol. The van der Waals surface area contributed by atoms with Crippen LogP contribution in [0.25, 0.3) is 0 Å². The highest BCUT2D eigenvalue weighted by atomic mass is 16.4. The third kappa shape index (κ3) is 2.73. The number of carbonyl (C=O) groups is 2. The first-order valence-electron chi connectivity index (χ1n) is 5.16. The van der Waals surface area contributed by atoms with E-state index in [9.17, 15) is 9.59 Å². The number of nitrogens with one attached hydrogen (secondary N) is 2. The molecule has 0 aliphatic heterocycles. The first-order chi connectivity index (χ1) is 8.66. The molecule has 0 aliphatic carbocycles. The van der Waals surface area contributed by atoms with Crippen molar-refractivity contribution < 1.29 is 14.7 Å². The molecule has 8 heteroatoms. The molecule has 2 rings (SSSR count). The molecule has 0 saturated heterocycles. The van der Waals surface area contributed by atoms with E-state index in [4.69, 9.17) is 5.11 Å². The minimum absolute atomic E-state index is 0.0528. The number of aromatic nitrogens is 4. The molecule has 18 heavy (non-hydrogen) atoms. The van der Waals surface area contributed by atoms with Gasteiger partial charge in [0.15, 0.2) is 0 Å². The lowest BCUT2D eigenvalue weighted by Gasteiger charge is -2.06. The molecule has 0 fully saturated rings. The summed E-state index contributed by atoms with van der Waals surface area (Å²) in [6.45, 7) is 0.172. The smallest absolute Gasteiger partial charge is 0.352 e. The summed E-state index contributed by atoms with van der Waals surface area (Å²) in [7, 11) is 0. The molecule has 0 unspecified atom stereocenters. The Balaban J connectivity index is 1.91. The maximum absolute atomic E-state index is 11.6. The van der Waals surface area contributed by atoms with E-state index in [1.54, 1.807) is 6.07 Å². The van der Waals surface area contributed by atoms with Crippen LogP contribution in [0.3, 0.4) is 0 Å². The molecule has 0 aliphatic rings. The van der Waals surface area contributed by atoms with Crippen LogP contribution in [-0.2, 0) is 17.9 Å². The van der Waals surface area contributed by atoms with E-state index in [1.807, 2.05) is 0 Å². The van der Waals surface area contributed by atoms with Crippen LogP contribution in [-0.4, -0.2) is 36.7 Å². The van der Waals surface area contributed by atoms with Crippen LogP contribution in [0.2, 0.25) is 0 Å². The molecule has 2 aromatic heterocycles. The van der Waals surface area contributed by atoms with Gasteiger partial charge >= 0.3 is 5.97 Å². The lowest BCUT2D eigenvalue weighted by Crippen LogP contribution is -2.28. The van der Waals surface area contributed by atoms with Crippen LogP contribution >= 0.6 is 0 Å². The Labute approximate surface area is 102 Å². The summed E-state index contributed by atoms with van der Waals surface area (Å²) in [6, 6.07) is 3.01. The molecule has 8 nitrogen and oxygen atoms in total. The lowest BCUT2D eigenvalue weighted by molar-refractivity contribution is -0.121. The Morgan fingerprint density at radius 3 is 3.00 bits per heavy atom. The molecule has 0 aromatic carbocycles. The van der Waals surface area contributed by atoms with Gasteiger partial charge in [-0.1, -0.05) is 0 Å². The van der Waals surface area contributed by atoms with Crippen LogP contribution < -0.4 is 5.32 Å². The summed E-state index contributed by atoms with van der Waals surface area (Å²) in [4.78, 5) is 26.3. The number of aromatic carboxylic acids is 1. The van der Waals surface area contributed by atoms with Crippen molar-refractivity contribution in [3.63, 3.8) is 0 Å². The van der Waals surface area contributed by atoms with Gasteiger partial charge in [0.2, 0.25) is 5.91 Å². The van der Waals surface area contributed by atoms with Gasteiger partial charge in [0.05, 0.1) is 6.54 Å². The van der Waals surface area contributed by atoms with Crippen LogP contribution in [0.15, 0.2) is 24.7 Å². The van der Waals surface area contributed by atoms with E-state index in [1.165, 1.54) is 23.2 Å². The van der Waals surface area contributed by atoms with E-state index in [0.717, 1.165) is 0 Å². The normalized spacial score (nSPS) is 10.2. The van der Waals surface area contributed by atoms with E-state index in [2.05, 4.69) is 20.5 Å². The molecular formula is C10H11N5O3. The molecular weight excluding hydrogens is 238 g/mol. The zero-order chi connectivity index (χ0) is 13.0. The summed E-state index contributed by atoms with van der Waals surface area (Å²) in [6.07, 6.45) is 2.88. The number of H-pyrrole nitrogens is 1. The molecule has 2 aromatic rings.